The monoisotopic (exact) mass is 624 g/mol. The van der Waals surface area contributed by atoms with Crippen molar-refractivity contribution in [1.82, 2.24) is 10.6 Å². The van der Waals surface area contributed by atoms with Crippen LogP contribution in [0.2, 0.25) is 0 Å². The van der Waals surface area contributed by atoms with Gasteiger partial charge in [0.15, 0.2) is 0 Å². The van der Waals surface area contributed by atoms with Crippen molar-refractivity contribution in [1.29, 1.82) is 0 Å². The fourth-order valence-corrected chi connectivity index (χ4v) is 4.37. The lowest BCUT2D eigenvalue weighted by molar-refractivity contribution is 0.0943. The van der Waals surface area contributed by atoms with Crippen LogP contribution in [0.3, 0.4) is 0 Å². The molecule has 0 unspecified atom stereocenters. The highest BCUT2D eigenvalue weighted by Crippen LogP contribution is 2.27. The summed E-state index contributed by atoms with van der Waals surface area (Å²) in [7, 11) is 0. The molecule has 0 heterocycles. The number of unbranched alkanes of at least 4 members (excludes halogenated alkanes) is 5. The first-order chi connectivity index (χ1) is 17.5. The summed E-state index contributed by atoms with van der Waals surface area (Å²) in [5.41, 5.74) is 1.22. The molecule has 0 aromatic heterocycles. The molecule has 2 amide bonds. The van der Waals surface area contributed by atoms with Gasteiger partial charge in [-0.05, 0) is 93.9 Å². The highest BCUT2D eigenvalue weighted by atomic mass is 79.9. The van der Waals surface area contributed by atoms with Crippen molar-refractivity contribution in [3.8, 4) is 11.5 Å². The van der Waals surface area contributed by atoms with Crippen molar-refractivity contribution < 1.29 is 19.1 Å². The maximum absolute atomic E-state index is 12.4. The van der Waals surface area contributed by atoms with Crippen LogP contribution in [0.15, 0.2) is 45.3 Å². The average Bonchev–Trinajstić information content (AvgIpc) is 2.87. The summed E-state index contributed by atoms with van der Waals surface area (Å²) in [6, 6.07) is 10.8. The number of hydrogen-bond acceptors (Lipinski definition) is 4. The summed E-state index contributed by atoms with van der Waals surface area (Å²) in [5.74, 6) is 1.34. The molecule has 0 spiro atoms. The van der Waals surface area contributed by atoms with Gasteiger partial charge < -0.3 is 20.1 Å². The zero-order chi connectivity index (χ0) is 26.2. The van der Waals surface area contributed by atoms with Crippen molar-refractivity contribution in [2.75, 3.05) is 26.3 Å². The summed E-state index contributed by atoms with van der Waals surface area (Å²) < 4.78 is 13.0. The Kier molecular flexibility index (Phi) is 14.6. The van der Waals surface area contributed by atoms with E-state index in [1.807, 2.05) is 12.1 Å². The normalized spacial score (nSPS) is 10.7. The Labute approximate surface area is 232 Å². The first-order valence-electron chi connectivity index (χ1n) is 12.9. The van der Waals surface area contributed by atoms with Gasteiger partial charge >= 0.3 is 0 Å². The van der Waals surface area contributed by atoms with E-state index in [0.717, 1.165) is 71.8 Å². The zero-order valence-corrected chi connectivity index (χ0v) is 24.5. The van der Waals surface area contributed by atoms with Crippen LogP contribution in [0, 0.1) is 0 Å². The number of rotatable bonds is 17. The molecule has 36 heavy (non-hydrogen) atoms. The number of nitrogens with one attached hydrogen (secondary N) is 2. The van der Waals surface area contributed by atoms with E-state index in [-0.39, 0.29) is 11.8 Å². The smallest absolute Gasteiger partial charge is 0.251 e. The number of carbonyl (C=O) groups excluding carboxylic acids is 2. The minimum atomic E-state index is -0.0870. The average molecular weight is 626 g/mol. The summed E-state index contributed by atoms with van der Waals surface area (Å²) in [4.78, 5) is 24.8. The minimum Gasteiger partial charge on any atom is -0.492 e. The van der Waals surface area contributed by atoms with E-state index in [4.69, 9.17) is 9.47 Å². The van der Waals surface area contributed by atoms with E-state index in [9.17, 15) is 9.59 Å². The van der Waals surface area contributed by atoms with Crippen molar-refractivity contribution in [3.63, 3.8) is 0 Å². The van der Waals surface area contributed by atoms with Crippen LogP contribution in [0.25, 0.3) is 0 Å². The van der Waals surface area contributed by atoms with Gasteiger partial charge in [0, 0.05) is 24.2 Å². The zero-order valence-electron chi connectivity index (χ0n) is 21.3. The predicted octanol–water partition coefficient (Wildman–Crippen LogP) is 7.29. The quantitative estimate of drug-likeness (QED) is 0.181. The van der Waals surface area contributed by atoms with Crippen molar-refractivity contribution >= 4 is 43.7 Å². The van der Waals surface area contributed by atoms with Gasteiger partial charge in [0.1, 0.15) is 11.5 Å². The van der Waals surface area contributed by atoms with E-state index in [0.29, 0.717) is 37.4 Å². The Balaban J connectivity index is 1.59. The van der Waals surface area contributed by atoms with Gasteiger partial charge in [-0.3, -0.25) is 9.59 Å². The third-order valence-electron chi connectivity index (χ3n) is 5.57. The Morgan fingerprint density at radius 3 is 1.44 bits per heavy atom. The second-order valence-electron chi connectivity index (χ2n) is 8.62. The van der Waals surface area contributed by atoms with Crippen LogP contribution in [0.4, 0.5) is 0 Å². The number of amides is 2. The maximum Gasteiger partial charge on any atom is 0.251 e. The van der Waals surface area contributed by atoms with Gasteiger partial charge in [-0.25, -0.2) is 0 Å². The van der Waals surface area contributed by atoms with E-state index in [1.54, 1.807) is 24.3 Å². The molecule has 0 atom stereocenters. The first kappa shape index (κ1) is 30.2. The molecule has 0 saturated heterocycles. The van der Waals surface area contributed by atoms with Crippen LogP contribution < -0.4 is 20.1 Å². The number of carbonyl (C=O) groups is 2. The third-order valence-corrected chi connectivity index (χ3v) is 6.81. The topological polar surface area (TPSA) is 76.7 Å². The highest BCUT2D eigenvalue weighted by Gasteiger charge is 2.10. The second-order valence-corrected chi connectivity index (χ2v) is 10.3. The van der Waals surface area contributed by atoms with Crippen LogP contribution in [-0.4, -0.2) is 38.1 Å². The van der Waals surface area contributed by atoms with Gasteiger partial charge in [0.2, 0.25) is 0 Å². The van der Waals surface area contributed by atoms with Crippen LogP contribution in [0.5, 0.6) is 11.5 Å². The van der Waals surface area contributed by atoms with Gasteiger partial charge in [-0.1, -0.05) is 39.5 Å². The van der Waals surface area contributed by atoms with Gasteiger partial charge in [0.05, 0.1) is 22.2 Å². The Bertz CT molecular complexity index is 891. The maximum atomic E-state index is 12.4. The molecule has 0 radical (unpaired) electrons. The lowest BCUT2D eigenvalue weighted by Gasteiger charge is -2.10. The van der Waals surface area contributed by atoms with Crippen molar-refractivity contribution in [2.45, 2.75) is 65.2 Å². The van der Waals surface area contributed by atoms with E-state index in [2.05, 4.69) is 56.3 Å². The Hall–Kier alpha value is -2.06. The van der Waals surface area contributed by atoms with E-state index in [1.165, 1.54) is 0 Å². The predicted molar refractivity (Wildman–Crippen MR) is 152 cm³/mol. The minimum absolute atomic E-state index is 0.0870. The summed E-state index contributed by atoms with van der Waals surface area (Å²) in [6.07, 6.45) is 7.92. The van der Waals surface area contributed by atoms with Crippen LogP contribution in [-0.2, 0) is 0 Å². The largest absolute Gasteiger partial charge is 0.492 e. The number of ether oxygens (including phenoxy) is 2. The lowest BCUT2D eigenvalue weighted by Crippen LogP contribution is -2.25. The van der Waals surface area contributed by atoms with Crippen LogP contribution in [0.1, 0.15) is 85.9 Å². The molecule has 198 valence electrons. The standard InChI is InChI=1S/C28H38Br2N2O4/c1-3-5-17-35-25-13-11-21(19-23(25)29)27(33)31-15-9-7-8-10-16-32-28(34)22-12-14-26(24(30)20-22)36-18-6-4-2/h11-14,19-20H,3-10,15-18H2,1-2H3,(H,31,33)(H,32,34). The molecule has 0 bridgehead atoms. The van der Waals surface area contributed by atoms with E-state index >= 15 is 0 Å². The first-order valence-corrected chi connectivity index (χ1v) is 14.5. The molecule has 0 aliphatic heterocycles. The molecule has 0 aliphatic rings. The molecule has 8 heteroatoms. The molecule has 2 N–H and O–H groups in total. The molecular weight excluding hydrogens is 588 g/mol. The molecule has 0 saturated carbocycles. The molecule has 0 fully saturated rings. The van der Waals surface area contributed by atoms with Crippen molar-refractivity contribution in [3.05, 3.63) is 56.5 Å². The number of benzene rings is 2. The molecule has 2 aromatic carbocycles. The molecule has 2 aromatic rings. The molecule has 6 nitrogen and oxygen atoms in total. The summed E-state index contributed by atoms with van der Waals surface area (Å²) in [6.45, 7) is 6.83. The molecule has 2 rings (SSSR count). The van der Waals surface area contributed by atoms with Gasteiger partial charge in [-0.2, -0.15) is 0 Å². The third kappa shape index (κ3) is 10.9. The van der Waals surface area contributed by atoms with Crippen LogP contribution >= 0.6 is 31.9 Å². The number of halogens is 2. The molecule has 0 aliphatic carbocycles. The Morgan fingerprint density at radius 1 is 0.667 bits per heavy atom. The second kappa shape index (κ2) is 17.4. The van der Waals surface area contributed by atoms with Crippen molar-refractivity contribution in [2.24, 2.45) is 0 Å². The SMILES string of the molecule is CCCCOc1ccc(C(=O)NCCCCCCNC(=O)c2ccc(OCCCC)c(Br)c2)cc1Br. The summed E-state index contributed by atoms with van der Waals surface area (Å²) in [5, 5.41) is 5.94. The lowest BCUT2D eigenvalue weighted by atomic mass is 10.1. The Morgan fingerprint density at radius 2 is 1.08 bits per heavy atom. The van der Waals surface area contributed by atoms with Gasteiger partial charge in [0.25, 0.3) is 11.8 Å². The highest BCUT2D eigenvalue weighted by molar-refractivity contribution is 9.10. The fourth-order valence-electron chi connectivity index (χ4n) is 3.38. The molecular formula is C28H38Br2N2O4. The van der Waals surface area contributed by atoms with Gasteiger partial charge in [-0.15, -0.1) is 0 Å². The number of hydrogen-bond donors (Lipinski definition) is 2. The van der Waals surface area contributed by atoms with E-state index < -0.39 is 0 Å². The summed E-state index contributed by atoms with van der Waals surface area (Å²) >= 11 is 6.97. The fraction of sp³-hybridized carbons (Fsp3) is 0.500.